The fourth-order valence-electron chi connectivity index (χ4n) is 0.731. The first kappa shape index (κ1) is 8.07. The summed E-state index contributed by atoms with van der Waals surface area (Å²) in [5.41, 5.74) is 5.71. The third-order valence-electron chi connectivity index (χ3n) is 1.35. The molecule has 0 saturated carbocycles. The monoisotopic (exact) mass is 173 g/mol. The Morgan fingerprint density at radius 1 is 1.91 bits per heavy atom. The Balaban J connectivity index is 2.87. The summed E-state index contributed by atoms with van der Waals surface area (Å²) in [6.45, 7) is 1.86. The number of primary amides is 1. The minimum Gasteiger partial charge on any atom is -0.368 e. The second-order valence-corrected chi connectivity index (χ2v) is 2.61. The minimum absolute atomic E-state index is 0.0819. The van der Waals surface area contributed by atoms with Crippen LogP contribution in [0.2, 0.25) is 5.02 Å². The molecule has 0 aliphatic rings. The van der Waals surface area contributed by atoms with Crippen molar-refractivity contribution in [1.82, 2.24) is 9.78 Å². The molecule has 0 saturated heterocycles. The van der Waals surface area contributed by atoms with E-state index >= 15 is 0 Å². The second kappa shape index (κ2) is 2.92. The van der Waals surface area contributed by atoms with Gasteiger partial charge < -0.3 is 5.73 Å². The predicted molar refractivity (Wildman–Crippen MR) is 41.2 cm³/mol. The zero-order chi connectivity index (χ0) is 8.43. The Morgan fingerprint density at radius 3 is 2.91 bits per heavy atom. The molecular formula is C6H8ClN3O. The molecule has 0 radical (unpaired) electrons. The summed E-state index contributed by atoms with van der Waals surface area (Å²) in [7, 11) is 0. The smallest absolute Gasteiger partial charge is 0.239 e. The van der Waals surface area contributed by atoms with Crippen LogP contribution in [0.3, 0.4) is 0 Å². The zero-order valence-electron chi connectivity index (χ0n) is 6.04. The highest BCUT2D eigenvalue weighted by atomic mass is 35.5. The van der Waals surface area contributed by atoms with Crippen LogP contribution in [0, 0.1) is 6.92 Å². The Bertz CT molecular complexity index is 281. The highest BCUT2D eigenvalue weighted by molar-refractivity contribution is 6.31. The molecule has 0 fully saturated rings. The third-order valence-corrected chi connectivity index (χ3v) is 1.72. The van der Waals surface area contributed by atoms with E-state index in [1.54, 1.807) is 6.92 Å². The van der Waals surface area contributed by atoms with E-state index in [9.17, 15) is 4.79 Å². The highest BCUT2D eigenvalue weighted by Gasteiger charge is 2.04. The molecule has 1 heterocycles. The van der Waals surface area contributed by atoms with Gasteiger partial charge in [0, 0.05) is 0 Å². The fourth-order valence-corrected chi connectivity index (χ4v) is 0.872. The molecule has 0 spiro atoms. The number of nitrogens with two attached hydrogens (primary N) is 1. The van der Waals surface area contributed by atoms with Crippen LogP contribution in [0.5, 0.6) is 0 Å². The molecule has 11 heavy (non-hydrogen) atoms. The Labute approximate surface area is 68.9 Å². The predicted octanol–water partition coefficient (Wildman–Crippen LogP) is 0.330. The molecule has 1 rings (SSSR count). The summed E-state index contributed by atoms with van der Waals surface area (Å²) in [4.78, 5) is 10.4. The molecule has 60 valence electrons. The van der Waals surface area contributed by atoms with Gasteiger partial charge >= 0.3 is 0 Å². The summed E-state index contributed by atoms with van der Waals surface area (Å²) in [5.74, 6) is -0.423. The largest absolute Gasteiger partial charge is 0.368 e. The van der Waals surface area contributed by atoms with Gasteiger partial charge in [0.05, 0.1) is 16.9 Å². The van der Waals surface area contributed by atoms with Crippen molar-refractivity contribution in [2.75, 3.05) is 0 Å². The van der Waals surface area contributed by atoms with Crippen LogP contribution in [0.25, 0.3) is 0 Å². The van der Waals surface area contributed by atoms with E-state index in [1.165, 1.54) is 10.9 Å². The Kier molecular flexibility index (Phi) is 2.14. The lowest BCUT2D eigenvalue weighted by Gasteiger charge is -1.98. The fraction of sp³-hybridized carbons (Fsp3) is 0.333. The normalized spacial score (nSPS) is 10.0. The van der Waals surface area contributed by atoms with E-state index in [0.29, 0.717) is 5.02 Å². The number of aromatic nitrogens is 2. The van der Waals surface area contributed by atoms with Crippen molar-refractivity contribution in [3.05, 3.63) is 16.9 Å². The second-order valence-electron chi connectivity index (χ2n) is 2.20. The molecule has 1 aromatic heterocycles. The molecule has 0 bridgehead atoms. The van der Waals surface area contributed by atoms with Crippen LogP contribution in [0.15, 0.2) is 6.20 Å². The molecule has 0 aliphatic heterocycles. The first-order chi connectivity index (χ1) is 5.11. The lowest BCUT2D eigenvalue weighted by atomic mass is 10.5. The number of hydrogen-bond acceptors (Lipinski definition) is 2. The van der Waals surface area contributed by atoms with Crippen molar-refractivity contribution < 1.29 is 4.79 Å². The quantitative estimate of drug-likeness (QED) is 0.701. The van der Waals surface area contributed by atoms with Crippen molar-refractivity contribution in [3.63, 3.8) is 0 Å². The van der Waals surface area contributed by atoms with Crippen molar-refractivity contribution in [2.24, 2.45) is 5.73 Å². The van der Waals surface area contributed by atoms with E-state index < -0.39 is 5.91 Å². The van der Waals surface area contributed by atoms with Gasteiger partial charge in [0.2, 0.25) is 5.91 Å². The zero-order valence-corrected chi connectivity index (χ0v) is 6.80. The van der Waals surface area contributed by atoms with E-state index in [2.05, 4.69) is 5.10 Å². The maximum absolute atomic E-state index is 10.4. The van der Waals surface area contributed by atoms with Gasteiger partial charge in [-0.3, -0.25) is 9.48 Å². The van der Waals surface area contributed by atoms with Gasteiger partial charge in [0.1, 0.15) is 6.54 Å². The van der Waals surface area contributed by atoms with E-state index in [1.807, 2.05) is 0 Å². The van der Waals surface area contributed by atoms with Crippen molar-refractivity contribution in [1.29, 1.82) is 0 Å². The maximum atomic E-state index is 10.4. The van der Waals surface area contributed by atoms with Crippen LogP contribution in [-0.2, 0) is 11.3 Å². The van der Waals surface area contributed by atoms with Crippen LogP contribution >= 0.6 is 11.6 Å². The van der Waals surface area contributed by atoms with Crippen LogP contribution in [0.1, 0.15) is 5.69 Å². The van der Waals surface area contributed by atoms with E-state index in [-0.39, 0.29) is 6.54 Å². The van der Waals surface area contributed by atoms with Crippen LogP contribution in [0.4, 0.5) is 0 Å². The molecule has 0 aliphatic carbocycles. The van der Waals surface area contributed by atoms with Gasteiger partial charge in [-0.2, -0.15) is 5.10 Å². The van der Waals surface area contributed by atoms with Crippen molar-refractivity contribution >= 4 is 17.5 Å². The standard InChI is InChI=1S/C6H8ClN3O/c1-4-5(7)2-9-10(4)3-6(8)11/h2H,3H2,1H3,(H2,8,11). The summed E-state index contributed by atoms with van der Waals surface area (Å²) in [5, 5.41) is 4.39. The number of carbonyl (C=O) groups excluding carboxylic acids is 1. The number of halogens is 1. The van der Waals surface area contributed by atoms with E-state index in [4.69, 9.17) is 17.3 Å². The van der Waals surface area contributed by atoms with Crippen LogP contribution < -0.4 is 5.73 Å². The van der Waals surface area contributed by atoms with Gasteiger partial charge in [-0.25, -0.2) is 0 Å². The lowest BCUT2D eigenvalue weighted by Crippen LogP contribution is -2.20. The maximum Gasteiger partial charge on any atom is 0.239 e. The lowest BCUT2D eigenvalue weighted by molar-refractivity contribution is -0.118. The van der Waals surface area contributed by atoms with Crippen molar-refractivity contribution in [3.8, 4) is 0 Å². The summed E-state index contributed by atoms with van der Waals surface area (Å²) in [6, 6.07) is 0. The molecular weight excluding hydrogens is 166 g/mol. The van der Waals surface area contributed by atoms with Gasteiger partial charge in [-0.15, -0.1) is 0 Å². The van der Waals surface area contributed by atoms with Crippen LogP contribution in [-0.4, -0.2) is 15.7 Å². The first-order valence-corrected chi connectivity index (χ1v) is 3.45. The van der Waals surface area contributed by atoms with Gasteiger partial charge in [0.15, 0.2) is 0 Å². The number of hydrogen-bond donors (Lipinski definition) is 1. The average Bonchev–Trinajstić information content (AvgIpc) is 2.18. The molecule has 0 unspecified atom stereocenters. The molecule has 1 aromatic rings. The van der Waals surface area contributed by atoms with Gasteiger partial charge in [-0.05, 0) is 6.92 Å². The molecule has 5 heteroatoms. The van der Waals surface area contributed by atoms with Crippen molar-refractivity contribution in [2.45, 2.75) is 13.5 Å². The molecule has 0 aromatic carbocycles. The third kappa shape index (κ3) is 1.71. The SMILES string of the molecule is Cc1c(Cl)cnn1CC(N)=O. The molecule has 0 atom stereocenters. The molecule has 4 nitrogen and oxygen atoms in total. The number of rotatable bonds is 2. The first-order valence-electron chi connectivity index (χ1n) is 3.07. The Hall–Kier alpha value is -1.03. The van der Waals surface area contributed by atoms with Gasteiger partial charge in [-0.1, -0.05) is 11.6 Å². The summed E-state index contributed by atoms with van der Waals surface area (Å²) in [6.07, 6.45) is 1.49. The molecule has 2 N–H and O–H groups in total. The minimum atomic E-state index is -0.423. The average molecular weight is 174 g/mol. The molecule has 1 amide bonds. The van der Waals surface area contributed by atoms with E-state index in [0.717, 1.165) is 5.69 Å². The summed E-state index contributed by atoms with van der Waals surface area (Å²) < 4.78 is 1.46. The highest BCUT2D eigenvalue weighted by Crippen LogP contribution is 2.12. The summed E-state index contributed by atoms with van der Waals surface area (Å²) >= 11 is 5.68. The Morgan fingerprint density at radius 2 is 2.55 bits per heavy atom. The van der Waals surface area contributed by atoms with Gasteiger partial charge in [0.25, 0.3) is 0 Å². The number of carbonyl (C=O) groups is 1. The number of amides is 1. The topological polar surface area (TPSA) is 60.9 Å². The number of nitrogens with zero attached hydrogens (tertiary/aromatic N) is 2.